The lowest BCUT2D eigenvalue weighted by molar-refractivity contribution is 0.00630. The van der Waals surface area contributed by atoms with Crippen molar-refractivity contribution < 1.29 is 9.84 Å². The van der Waals surface area contributed by atoms with Gasteiger partial charge in [-0.15, -0.1) is 0 Å². The fraction of sp³-hybridized carbons (Fsp3) is 0.765. The zero-order valence-corrected chi connectivity index (χ0v) is 14.7. The van der Waals surface area contributed by atoms with Crippen LogP contribution in [0.15, 0.2) is 16.8 Å². The van der Waals surface area contributed by atoms with Gasteiger partial charge in [-0.3, -0.25) is 4.90 Å². The molecule has 0 bridgehead atoms. The number of hydrogen-bond acceptors (Lipinski definition) is 4. The van der Waals surface area contributed by atoms with E-state index in [4.69, 9.17) is 4.74 Å². The van der Waals surface area contributed by atoms with E-state index in [0.717, 1.165) is 19.5 Å². The summed E-state index contributed by atoms with van der Waals surface area (Å²) in [5, 5.41) is 14.5. The molecule has 0 aliphatic rings. The molecule has 0 saturated carbocycles. The van der Waals surface area contributed by atoms with E-state index in [1.54, 1.807) is 11.3 Å². The van der Waals surface area contributed by atoms with Crippen LogP contribution in [0, 0.1) is 11.8 Å². The lowest BCUT2D eigenvalue weighted by atomic mass is 10.1. The highest BCUT2D eigenvalue weighted by Gasteiger charge is 2.13. The van der Waals surface area contributed by atoms with Gasteiger partial charge in [0.05, 0.1) is 12.7 Å². The summed E-state index contributed by atoms with van der Waals surface area (Å²) in [6.45, 7) is 12.5. The molecule has 1 aromatic rings. The summed E-state index contributed by atoms with van der Waals surface area (Å²) in [6, 6.07) is 2.16. The lowest BCUT2D eigenvalue weighted by Gasteiger charge is -2.25. The van der Waals surface area contributed by atoms with Gasteiger partial charge in [-0.1, -0.05) is 27.7 Å². The second kappa shape index (κ2) is 10.3. The van der Waals surface area contributed by atoms with Gasteiger partial charge >= 0.3 is 0 Å². The molecule has 122 valence electrons. The summed E-state index contributed by atoms with van der Waals surface area (Å²) >= 11 is 1.73. The number of nitrogens with zero attached hydrogens (tertiary/aromatic N) is 1. The van der Waals surface area contributed by atoms with Gasteiger partial charge in [-0.05, 0) is 47.2 Å². The largest absolute Gasteiger partial charge is 0.389 e. The van der Waals surface area contributed by atoms with Crippen molar-refractivity contribution in [2.24, 2.45) is 11.8 Å². The normalized spacial score (nSPS) is 13.5. The highest BCUT2D eigenvalue weighted by atomic mass is 32.1. The van der Waals surface area contributed by atoms with E-state index in [-0.39, 0.29) is 0 Å². The molecule has 1 heterocycles. The molecule has 0 aliphatic heterocycles. The van der Waals surface area contributed by atoms with Crippen LogP contribution < -0.4 is 0 Å². The first-order valence-corrected chi connectivity index (χ1v) is 8.91. The average Bonchev–Trinajstić information content (AvgIpc) is 2.88. The van der Waals surface area contributed by atoms with Crippen molar-refractivity contribution in [2.75, 3.05) is 26.3 Å². The Hall–Kier alpha value is -0.420. The van der Waals surface area contributed by atoms with Gasteiger partial charge < -0.3 is 9.84 Å². The zero-order valence-electron chi connectivity index (χ0n) is 13.9. The molecule has 1 N–H and O–H groups in total. The van der Waals surface area contributed by atoms with Crippen LogP contribution in [0.25, 0.3) is 0 Å². The summed E-state index contributed by atoms with van der Waals surface area (Å²) in [7, 11) is 0. The van der Waals surface area contributed by atoms with Crippen LogP contribution in [0.1, 0.15) is 39.7 Å². The predicted octanol–water partition coefficient (Wildman–Crippen LogP) is 3.63. The van der Waals surface area contributed by atoms with Gasteiger partial charge in [-0.2, -0.15) is 11.3 Å². The highest BCUT2D eigenvalue weighted by Crippen LogP contribution is 2.12. The van der Waals surface area contributed by atoms with E-state index in [0.29, 0.717) is 31.6 Å². The summed E-state index contributed by atoms with van der Waals surface area (Å²) in [5.41, 5.74) is 1.33. The first kappa shape index (κ1) is 18.6. The summed E-state index contributed by atoms with van der Waals surface area (Å²) in [4.78, 5) is 2.34. The molecule has 4 heteroatoms. The van der Waals surface area contributed by atoms with Crippen LogP contribution in [0.2, 0.25) is 0 Å². The second-order valence-electron chi connectivity index (χ2n) is 6.63. The summed E-state index contributed by atoms with van der Waals surface area (Å²) in [6.07, 6.45) is 0.749. The van der Waals surface area contributed by atoms with Crippen molar-refractivity contribution in [3.63, 3.8) is 0 Å². The van der Waals surface area contributed by atoms with Gasteiger partial charge in [0.1, 0.15) is 0 Å². The van der Waals surface area contributed by atoms with Crippen molar-refractivity contribution in [1.29, 1.82) is 0 Å². The number of aliphatic hydroxyl groups is 1. The lowest BCUT2D eigenvalue weighted by Crippen LogP contribution is -2.35. The number of ether oxygens (including phenoxy) is 1. The maximum absolute atomic E-state index is 10.2. The van der Waals surface area contributed by atoms with Crippen molar-refractivity contribution in [3.8, 4) is 0 Å². The van der Waals surface area contributed by atoms with E-state index < -0.39 is 6.10 Å². The number of thiophene rings is 1. The van der Waals surface area contributed by atoms with E-state index >= 15 is 0 Å². The Labute approximate surface area is 133 Å². The Balaban J connectivity index is 2.39. The topological polar surface area (TPSA) is 32.7 Å². The minimum Gasteiger partial charge on any atom is -0.389 e. The SMILES string of the molecule is CC(C)CCN(Cc1ccsc1)CC(O)COCC(C)C. The molecule has 1 unspecified atom stereocenters. The van der Waals surface area contributed by atoms with Crippen LogP contribution in [0.3, 0.4) is 0 Å². The van der Waals surface area contributed by atoms with Gasteiger partial charge in [0.25, 0.3) is 0 Å². The van der Waals surface area contributed by atoms with E-state index in [9.17, 15) is 5.11 Å². The Kier molecular flexibility index (Phi) is 9.16. The quantitative estimate of drug-likeness (QED) is 0.677. The number of aliphatic hydroxyl groups excluding tert-OH is 1. The fourth-order valence-electron chi connectivity index (χ4n) is 2.11. The third-order valence-electron chi connectivity index (χ3n) is 3.24. The molecular formula is C17H31NO2S. The van der Waals surface area contributed by atoms with Crippen LogP contribution in [-0.4, -0.2) is 42.4 Å². The van der Waals surface area contributed by atoms with E-state index in [1.165, 1.54) is 5.56 Å². The van der Waals surface area contributed by atoms with Crippen molar-refractivity contribution in [1.82, 2.24) is 4.90 Å². The molecule has 0 fully saturated rings. The maximum atomic E-state index is 10.2. The Morgan fingerprint density at radius 3 is 2.52 bits per heavy atom. The minimum atomic E-state index is -0.408. The fourth-order valence-corrected chi connectivity index (χ4v) is 2.77. The van der Waals surface area contributed by atoms with Crippen molar-refractivity contribution >= 4 is 11.3 Å². The molecule has 3 nitrogen and oxygen atoms in total. The molecule has 21 heavy (non-hydrogen) atoms. The predicted molar refractivity (Wildman–Crippen MR) is 90.7 cm³/mol. The molecule has 0 radical (unpaired) electrons. The van der Waals surface area contributed by atoms with E-state index in [2.05, 4.69) is 49.4 Å². The van der Waals surface area contributed by atoms with Crippen LogP contribution in [-0.2, 0) is 11.3 Å². The maximum Gasteiger partial charge on any atom is 0.0900 e. The smallest absolute Gasteiger partial charge is 0.0900 e. The standard InChI is InChI=1S/C17H31NO2S/c1-14(2)5-7-18(9-16-6-8-21-13-16)10-17(19)12-20-11-15(3)4/h6,8,13-15,17,19H,5,7,9-12H2,1-4H3. The molecule has 1 rings (SSSR count). The highest BCUT2D eigenvalue weighted by molar-refractivity contribution is 7.07. The molecule has 0 spiro atoms. The number of rotatable bonds is 11. The van der Waals surface area contributed by atoms with Crippen molar-refractivity contribution in [2.45, 2.75) is 46.8 Å². The molecule has 0 amide bonds. The molecule has 0 aromatic carbocycles. The van der Waals surface area contributed by atoms with Gasteiger partial charge in [-0.25, -0.2) is 0 Å². The third kappa shape index (κ3) is 9.25. The molecule has 1 atom stereocenters. The Morgan fingerprint density at radius 1 is 1.19 bits per heavy atom. The molecular weight excluding hydrogens is 282 g/mol. The first-order chi connectivity index (χ1) is 9.97. The van der Waals surface area contributed by atoms with Crippen LogP contribution in [0.5, 0.6) is 0 Å². The summed E-state index contributed by atoms with van der Waals surface area (Å²) in [5.74, 6) is 1.20. The van der Waals surface area contributed by atoms with E-state index in [1.807, 2.05) is 0 Å². The van der Waals surface area contributed by atoms with Crippen LogP contribution >= 0.6 is 11.3 Å². The van der Waals surface area contributed by atoms with Gasteiger partial charge in [0.2, 0.25) is 0 Å². The third-order valence-corrected chi connectivity index (χ3v) is 3.97. The second-order valence-corrected chi connectivity index (χ2v) is 7.41. The molecule has 0 aliphatic carbocycles. The average molecular weight is 314 g/mol. The first-order valence-electron chi connectivity index (χ1n) is 7.96. The van der Waals surface area contributed by atoms with Crippen molar-refractivity contribution in [3.05, 3.63) is 22.4 Å². The van der Waals surface area contributed by atoms with Gasteiger partial charge in [0, 0.05) is 19.7 Å². The minimum absolute atomic E-state index is 0.408. The Bertz CT molecular complexity index is 352. The zero-order chi connectivity index (χ0) is 15.7. The molecule has 0 saturated heterocycles. The molecule has 1 aromatic heterocycles. The summed E-state index contributed by atoms with van der Waals surface area (Å²) < 4.78 is 5.54. The monoisotopic (exact) mass is 313 g/mol. The number of hydrogen-bond donors (Lipinski definition) is 1. The van der Waals surface area contributed by atoms with Gasteiger partial charge in [0.15, 0.2) is 0 Å². The van der Waals surface area contributed by atoms with Crippen LogP contribution in [0.4, 0.5) is 0 Å². The Morgan fingerprint density at radius 2 is 1.95 bits per heavy atom.